The summed E-state index contributed by atoms with van der Waals surface area (Å²) in [5, 5.41) is 11.2. The molecule has 1 aliphatic carbocycles. The number of carbonyl (C=O) groups excluding carboxylic acids is 2. The summed E-state index contributed by atoms with van der Waals surface area (Å²) in [5.41, 5.74) is 0.816. The summed E-state index contributed by atoms with van der Waals surface area (Å²) in [6.07, 6.45) is 6.91. The minimum absolute atomic E-state index is 0.0647. The summed E-state index contributed by atoms with van der Waals surface area (Å²) in [6.45, 7) is -0.0647. The van der Waals surface area contributed by atoms with Gasteiger partial charge in [-0.15, -0.1) is 0 Å². The van der Waals surface area contributed by atoms with Gasteiger partial charge < -0.3 is 20.3 Å². The maximum Gasteiger partial charge on any atom is 0.257 e. The molecule has 0 atom stereocenters. The van der Waals surface area contributed by atoms with Crippen LogP contribution in [0, 0.1) is 5.92 Å². The highest BCUT2D eigenvalue weighted by atomic mass is 16.5. The van der Waals surface area contributed by atoms with Crippen LogP contribution >= 0.6 is 0 Å². The average Bonchev–Trinajstić information content (AvgIpc) is 3.27. The van der Waals surface area contributed by atoms with Gasteiger partial charge in [-0.3, -0.25) is 9.59 Å². The van der Waals surface area contributed by atoms with Crippen LogP contribution < -0.4 is 15.4 Å². The normalized spacial score (nSPS) is 18.0. The molecule has 174 valence electrons. The van der Waals surface area contributed by atoms with Gasteiger partial charge in [0.05, 0.1) is 17.1 Å². The van der Waals surface area contributed by atoms with Gasteiger partial charge in [0.1, 0.15) is 5.75 Å². The molecule has 4 rings (SSSR count). The highest BCUT2D eigenvalue weighted by Gasteiger charge is 2.27. The lowest BCUT2D eigenvalue weighted by Gasteiger charge is -2.29. The number of fused-ring (bicyclic) bond motifs is 1. The van der Waals surface area contributed by atoms with Crippen molar-refractivity contribution < 1.29 is 14.3 Å². The predicted octanol–water partition coefficient (Wildman–Crippen LogP) is 2.00. The van der Waals surface area contributed by atoms with E-state index < -0.39 is 0 Å². The smallest absolute Gasteiger partial charge is 0.257 e. The second kappa shape index (κ2) is 9.85. The Morgan fingerprint density at radius 1 is 1.18 bits per heavy atom. The van der Waals surface area contributed by atoms with Crippen molar-refractivity contribution in [1.82, 2.24) is 30.0 Å². The molecule has 0 aliphatic heterocycles. The summed E-state index contributed by atoms with van der Waals surface area (Å²) in [6, 6.07) is 7.61. The third-order valence-electron chi connectivity index (χ3n) is 5.92. The number of nitrogens with one attached hydrogen (secondary N) is 2. The van der Waals surface area contributed by atoms with Crippen LogP contribution in [-0.4, -0.2) is 70.3 Å². The van der Waals surface area contributed by atoms with Crippen LogP contribution in [0.4, 0.5) is 5.95 Å². The zero-order valence-electron chi connectivity index (χ0n) is 19.1. The van der Waals surface area contributed by atoms with Gasteiger partial charge in [-0.1, -0.05) is 6.07 Å². The van der Waals surface area contributed by atoms with Crippen LogP contribution in [0.25, 0.3) is 16.7 Å². The first kappa shape index (κ1) is 22.5. The Morgan fingerprint density at radius 3 is 2.70 bits per heavy atom. The molecule has 0 bridgehead atoms. The number of amides is 2. The van der Waals surface area contributed by atoms with Gasteiger partial charge in [-0.05, 0) is 37.8 Å². The lowest BCUT2D eigenvalue weighted by Crippen LogP contribution is -2.35. The quantitative estimate of drug-likeness (QED) is 0.565. The molecule has 0 spiro atoms. The van der Waals surface area contributed by atoms with Crippen molar-refractivity contribution in [3.63, 3.8) is 0 Å². The third-order valence-corrected chi connectivity index (χ3v) is 5.92. The lowest BCUT2D eigenvalue weighted by molar-refractivity contribution is -0.134. The summed E-state index contributed by atoms with van der Waals surface area (Å²) in [5.74, 6) is 1.84. The molecule has 1 fully saturated rings. The molecule has 10 nitrogen and oxygen atoms in total. The maximum absolute atomic E-state index is 12.2. The van der Waals surface area contributed by atoms with Gasteiger partial charge in [-0.2, -0.15) is 10.1 Å². The fraction of sp³-hybridized carbons (Fsp3) is 0.435. The zero-order valence-corrected chi connectivity index (χ0v) is 19.1. The van der Waals surface area contributed by atoms with E-state index in [2.05, 4.69) is 25.7 Å². The number of benzene rings is 1. The van der Waals surface area contributed by atoms with Crippen LogP contribution in [0.2, 0.25) is 0 Å². The molecule has 0 saturated heterocycles. The molecule has 2 aromatic heterocycles. The molecular formula is C23H29N7O3. The van der Waals surface area contributed by atoms with E-state index in [9.17, 15) is 9.59 Å². The van der Waals surface area contributed by atoms with Crippen molar-refractivity contribution in [3.8, 4) is 11.6 Å². The van der Waals surface area contributed by atoms with E-state index in [-0.39, 0.29) is 30.4 Å². The number of anilines is 1. The molecule has 1 aliphatic rings. The van der Waals surface area contributed by atoms with Crippen LogP contribution in [0.5, 0.6) is 5.75 Å². The van der Waals surface area contributed by atoms with Crippen LogP contribution in [-0.2, 0) is 9.59 Å². The third kappa shape index (κ3) is 5.05. The molecule has 2 amide bonds. The van der Waals surface area contributed by atoms with E-state index in [1.807, 2.05) is 32.3 Å². The number of nitrogens with zero attached hydrogens (tertiary/aromatic N) is 5. The van der Waals surface area contributed by atoms with E-state index in [1.54, 1.807) is 35.1 Å². The van der Waals surface area contributed by atoms with Crippen LogP contribution in [0.15, 0.2) is 36.7 Å². The SMILES string of the molecule is CNC(=O)COc1cccc2c1cnn2-c1ccnc(N[C@H]2CC[C@H](C(=O)N(C)C)CC2)n1. The predicted molar refractivity (Wildman–Crippen MR) is 124 cm³/mol. The number of likely N-dealkylation sites (N-methyl/N-ethyl adjacent to an activating group) is 1. The van der Waals surface area contributed by atoms with E-state index in [1.165, 1.54) is 0 Å². The number of aromatic nitrogens is 4. The molecule has 1 aromatic carbocycles. The number of hydrogen-bond acceptors (Lipinski definition) is 7. The fourth-order valence-corrected chi connectivity index (χ4v) is 4.12. The Kier molecular flexibility index (Phi) is 6.71. The topological polar surface area (TPSA) is 114 Å². The first-order chi connectivity index (χ1) is 16.0. The summed E-state index contributed by atoms with van der Waals surface area (Å²) in [7, 11) is 5.18. The van der Waals surface area contributed by atoms with Crippen LogP contribution in [0.1, 0.15) is 25.7 Å². The summed E-state index contributed by atoms with van der Waals surface area (Å²) in [4.78, 5) is 34.4. The second-order valence-electron chi connectivity index (χ2n) is 8.37. The van der Waals surface area contributed by atoms with Crippen molar-refractivity contribution in [2.45, 2.75) is 31.7 Å². The summed E-state index contributed by atoms with van der Waals surface area (Å²) >= 11 is 0. The van der Waals surface area contributed by atoms with Crippen molar-refractivity contribution in [2.24, 2.45) is 5.92 Å². The number of ether oxygens (including phenoxy) is 1. The van der Waals surface area contributed by atoms with Crippen molar-refractivity contribution >= 4 is 28.7 Å². The molecule has 3 aromatic rings. The van der Waals surface area contributed by atoms with E-state index in [0.29, 0.717) is 17.5 Å². The van der Waals surface area contributed by atoms with Gasteiger partial charge in [0.25, 0.3) is 5.91 Å². The van der Waals surface area contributed by atoms with Crippen molar-refractivity contribution in [3.05, 3.63) is 36.7 Å². The molecule has 33 heavy (non-hydrogen) atoms. The molecule has 2 heterocycles. The molecule has 0 radical (unpaired) electrons. The maximum atomic E-state index is 12.2. The fourth-order valence-electron chi connectivity index (χ4n) is 4.12. The van der Waals surface area contributed by atoms with Crippen molar-refractivity contribution in [2.75, 3.05) is 33.1 Å². The van der Waals surface area contributed by atoms with E-state index >= 15 is 0 Å². The first-order valence-corrected chi connectivity index (χ1v) is 11.1. The molecule has 0 unspecified atom stereocenters. The lowest BCUT2D eigenvalue weighted by atomic mass is 9.85. The van der Waals surface area contributed by atoms with Crippen molar-refractivity contribution in [1.29, 1.82) is 0 Å². The summed E-state index contributed by atoms with van der Waals surface area (Å²) < 4.78 is 7.37. The number of hydrogen-bond donors (Lipinski definition) is 2. The molecule has 10 heteroatoms. The van der Waals surface area contributed by atoms with E-state index in [0.717, 1.165) is 36.6 Å². The first-order valence-electron chi connectivity index (χ1n) is 11.1. The highest BCUT2D eigenvalue weighted by molar-refractivity contribution is 5.87. The molecule has 2 N–H and O–H groups in total. The second-order valence-corrected chi connectivity index (χ2v) is 8.37. The van der Waals surface area contributed by atoms with E-state index in [4.69, 9.17) is 4.74 Å². The van der Waals surface area contributed by atoms with Crippen LogP contribution in [0.3, 0.4) is 0 Å². The Balaban J connectivity index is 1.47. The Hall–Kier alpha value is -3.69. The number of rotatable bonds is 7. The highest BCUT2D eigenvalue weighted by Crippen LogP contribution is 2.28. The largest absolute Gasteiger partial charge is 0.483 e. The molecular weight excluding hydrogens is 422 g/mol. The monoisotopic (exact) mass is 451 g/mol. The number of carbonyl (C=O) groups is 2. The Morgan fingerprint density at radius 2 is 1.97 bits per heavy atom. The van der Waals surface area contributed by atoms with Gasteiger partial charge in [0, 0.05) is 45.4 Å². The standard InChI is InChI=1S/C23H29N7O3/c1-24-21(31)14-33-19-6-4-5-18-17(19)13-26-30(18)20-11-12-25-23(28-20)27-16-9-7-15(8-10-16)22(32)29(2)3/h4-6,11-13,15-16H,7-10,14H2,1-3H3,(H,24,31)(H,25,27,28)/t15-,16-. The Labute approximate surface area is 192 Å². The van der Waals surface area contributed by atoms with Gasteiger partial charge in [0.2, 0.25) is 11.9 Å². The minimum atomic E-state index is -0.203. The van der Waals surface area contributed by atoms with Gasteiger partial charge in [-0.25, -0.2) is 9.67 Å². The van der Waals surface area contributed by atoms with Gasteiger partial charge in [0.15, 0.2) is 12.4 Å². The Bertz CT molecular complexity index is 1140. The molecule has 1 saturated carbocycles. The zero-order chi connectivity index (χ0) is 23.4. The average molecular weight is 452 g/mol. The minimum Gasteiger partial charge on any atom is -0.483 e. The van der Waals surface area contributed by atoms with Gasteiger partial charge >= 0.3 is 0 Å².